The van der Waals surface area contributed by atoms with Gasteiger partial charge in [-0.15, -0.1) is 0 Å². The van der Waals surface area contributed by atoms with Gasteiger partial charge >= 0.3 is 17.6 Å². The second-order valence-corrected chi connectivity index (χ2v) is 0. The maximum absolute atomic E-state index is 0. The van der Waals surface area contributed by atoms with Gasteiger partial charge in [-0.3, -0.25) is 0 Å². The number of hydrogen-bond donors (Lipinski definition) is 0. The zero-order chi connectivity index (χ0) is 0. The average Bonchev–Trinajstić information content (AvgIpc) is 0. The quantitative estimate of drug-likeness (QED) is 0.316. The first-order valence-electron chi connectivity index (χ1n) is 0. The summed E-state index contributed by atoms with van der Waals surface area (Å²) in [6.07, 6.45) is 0. The molecular formula is H4AuGePdW. The molecule has 0 saturated carbocycles. The van der Waals surface area contributed by atoms with E-state index in [1.165, 1.54) is 0 Å². The molecule has 0 saturated heterocycles. The summed E-state index contributed by atoms with van der Waals surface area (Å²) in [5.74, 6) is 0. The predicted octanol–water partition coefficient (Wildman–Crippen LogP) is -1.46. The van der Waals surface area contributed by atoms with Crippen molar-refractivity contribution in [3.05, 3.63) is 0 Å². The fourth-order valence-electron chi connectivity index (χ4n) is 0. The number of rotatable bonds is 0. The van der Waals surface area contributed by atoms with E-state index in [0.717, 1.165) is 0 Å². The smallest absolute Gasteiger partial charge is 0 e. The van der Waals surface area contributed by atoms with Crippen LogP contribution in [-0.4, -0.2) is 17.6 Å². The van der Waals surface area contributed by atoms with E-state index in [9.17, 15) is 0 Å². The average molecular weight is 564 g/mol. The van der Waals surface area contributed by atoms with Crippen molar-refractivity contribution in [1.29, 1.82) is 0 Å². The standard InChI is InChI=1S/Au.GeH4.Pd.W/h;1H4;;. The van der Waals surface area contributed by atoms with Gasteiger partial charge in [0, 0.05) is 63.9 Å². The van der Waals surface area contributed by atoms with Crippen molar-refractivity contribution in [2.24, 2.45) is 0 Å². The van der Waals surface area contributed by atoms with Gasteiger partial charge in [-0.2, -0.15) is 0 Å². The summed E-state index contributed by atoms with van der Waals surface area (Å²) >= 11 is 0. The minimum absolute atomic E-state index is 0. The maximum atomic E-state index is 0. The van der Waals surface area contributed by atoms with Crippen LogP contribution in [0.1, 0.15) is 0 Å². The summed E-state index contributed by atoms with van der Waals surface area (Å²) in [6.45, 7) is 0. The molecule has 0 heterocycles. The molecule has 0 fully saturated rings. The second kappa shape index (κ2) is 17.4. The molecule has 0 aliphatic carbocycles. The summed E-state index contributed by atoms with van der Waals surface area (Å²) in [5.41, 5.74) is 0. The Balaban J connectivity index is 0. The van der Waals surface area contributed by atoms with Crippen molar-refractivity contribution in [1.82, 2.24) is 0 Å². The van der Waals surface area contributed by atoms with Crippen LogP contribution >= 0.6 is 0 Å². The Morgan fingerprint density at radius 1 is 1.00 bits per heavy atom. The molecule has 0 amide bonds. The van der Waals surface area contributed by atoms with Crippen LogP contribution in [-0.2, 0) is 63.9 Å². The minimum Gasteiger partial charge on any atom is 0 e. The van der Waals surface area contributed by atoms with Gasteiger partial charge in [0.1, 0.15) is 0 Å². The van der Waals surface area contributed by atoms with E-state index in [2.05, 4.69) is 0 Å². The van der Waals surface area contributed by atoms with Crippen LogP contribution < -0.4 is 0 Å². The van der Waals surface area contributed by atoms with Gasteiger partial charge in [0.2, 0.25) is 0 Å². The molecule has 0 N–H and O–H groups in total. The van der Waals surface area contributed by atoms with Crippen molar-refractivity contribution >= 4 is 17.6 Å². The third kappa shape index (κ3) is 8.82. The van der Waals surface area contributed by atoms with Gasteiger partial charge in [0.25, 0.3) is 0 Å². The van der Waals surface area contributed by atoms with Gasteiger partial charge in [-0.05, 0) is 0 Å². The van der Waals surface area contributed by atoms with Crippen LogP contribution in [0.3, 0.4) is 0 Å². The molecule has 0 unspecified atom stereocenters. The first-order valence-corrected chi connectivity index (χ1v) is 0. The molecule has 0 nitrogen and oxygen atoms in total. The predicted molar refractivity (Wildman–Crippen MR) is 11.3 cm³/mol. The molecular weight excluding hydrogens is 560 g/mol. The molecule has 0 aromatic rings. The molecule has 4 heteroatoms. The van der Waals surface area contributed by atoms with E-state index in [1.54, 1.807) is 0 Å². The van der Waals surface area contributed by atoms with Crippen molar-refractivity contribution in [2.75, 3.05) is 0 Å². The SMILES string of the molecule is [Au].[GeH4].[Pd].[W]. The van der Waals surface area contributed by atoms with Crippen molar-refractivity contribution in [3.63, 3.8) is 0 Å². The molecule has 0 aliphatic heterocycles. The Morgan fingerprint density at radius 3 is 1.00 bits per heavy atom. The fraction of sp³-hybridized carbons (Fsp3) is 0. The van der Waals surface area contributed by atoms with Gasteiger partial charge in [0.15, 0.2) is 0 Å². The summed E-state index contributed by atoms with van der Waals surface area (Å²) in [4.78, 5) is 0. The summed E-state index contributed by atoms with van der Waals surface area (Å²) in [7, 11) is 0. The van der Waals surface area contributed by atoms with Crippen molar-refractivity contribution < 1.29 is 63.9 Å². The molecule has 0 aromatic carbocycles. The number of hydrogen-bond acceptors (Lipinski definition) is 0. The molecule has 35 valence electrons. The third-order valence-corrected chi connectivity index (χ3v) is 0. The Labute approximate surface area is 80.3 Å². The molecule has 4 heavy (non-hydrogen) atoms. The largest absolute Gasteiger partial charge is 0 e. The molecule has 0 spiro atoms. The van der Waals surface area contributed by atoms with Crippen molar-refractivity contribution in [3.8, 4) is 0 Å². The molecule has 0 bridgehead atoms. The zero-order valence-electron chi connectivity index (χ0n) is 1.03. The van der Waals surface area contributed by atoms with Crippen LogP contribution in [0.2, 0.25) is 0 Å². The van der Waals surface area contributed by atoms with E-state index in [1.807, 2.05) is 0 Å². The summed E-state index contributed by atoms with van der Waals surface area (Å²) < 4.78 is 0. The van der Waals surface area contributed by atoms with Gasteiger partial charge in [-0.1, -0.05) is 0 Å². The van der Waals surface area contributed by atoms with Crippen LogP contribution in [0.5, 0.6) is 0 Å². The normalized spacial score (nSPS) is 0. The van der Waals surface area contributed by atoms with E-state index in [-0.39, 0.29) is 81.5 Å². The molecule has 1 radical (unpaired) electrons. The molecule has 0 aromatic heterocycles. The van der Waals surface area contributed by atoms with Gasteiger partial charge in [-0.25, -0.2) is 0 Å². The first kappa shape index (κ1) is 30.4. The van der Waals surface area contributed by atoms with E-state index in [0.29, 0.717) is 0 Å². The Kier molecular flexibility index (Phi) is 132. The fourth-order valence-corrected chi connectivity index (χ4v) is 0. The Hall–Kier alpha value is 2.63. The Morgan fingerprint density at radius 2 is 1.00 bits per heavy atom. The van der Waals surface area contributed by atoms with Crippen molar-refractivity contribution in [2.45, 2.75) is 0 Å². The first-order chi connectivity index (χ1) is 0. The topological polar surface area (TPSA) is 0 Å². The van der Waals surface area contributed by atoms with E-state index >= 15 is 0 Å². The third-order valence-electron chi connectivity index (χ3n) is 0. The van der Waals surface area contributed by atoms with E-state index in [4.69, 9.17) is 0 Å². The van der Waals surface area contributed by atoms with E-state index < -0.39 is 0 Å². The van der Waals surface area contributed by atoms with Crippen LogP contribution in [0.4, 0.5) is 0 Å². The monoisotopic (exact) mass is 565 g/mol. The Bertz CT molecular complexity index is 8.00. The summed E-state index contributed by atoms with van der Waals surface area (Å²) in [6, 6.07) is 0. The zero-order valence-corrected chi connectivity index (χ0v) is 7.68. The van der Waals surface area contributed by atoms with Gasteiger partial charge in [0.05, 0.1) is 0 Å². The molecule has 0 rings (SSSR count). The minimum atomic E-state index is 0. The van der Waals surface area contributed by atoms with Crippen LogP contribution in [0, 0.1) is 0 Å². The van der Waals surface area contributed by atoms with Gasteiger partial charge < -0.3 is 0 Å². The molecule has 0 atom stereocenters. The maximum Gasteiger partial charge on any atom is 0 e. The second-order valence-electron chi connectivity index (χ2n) is 0. The van der Waals surface area contributed by atoms with Crippen LogP contribution in [0.25, 0.3) is 0 Å². The summed E-state index contributed by atoms with van der Waals surface area (Å²) in [5, 5.41) is 0. The van der Waals surface area contributed by atoms with Crippen LogP contribution in [0.15, 0.2) is 0 Å². The molecule has 0 aliphatic rings.